The van der Waals surface area contributed by atoms with Crippen molar-refractivity contribution in [2.45, 2.75) is 46.2 Å². The third-order valence-corrected chi connectivity index (χ3v) is 5.47. The smallest absolute Gasteiger partial charge is 0.478 e. The van der Waals surface area contributed by atoms with Crippen molar-refractivity contribution in [1.82, 2.24) is 0 Å². The van der Waals surface area contributed by atoms with Crippen molar-refractivity contribution >= 4 is 29.2 Å². The van der Waals surface area contributed by atoms with E-state index in [1.807, 2.05) is 6.07 Å². The third kappa shape index (κ3) is 7.73. The van der Waals surface area contributed by atoms with Gasteiger partial charge in [-0.2, -0.15) is 13.2 Å². The standard InChI is InChI=1S/C23H28N2O3.C2HF3O2/c1-15-6-5-7-16(12-15)17-10-11-25(14-17)18-8-9-20(19(13-18)21(26)27)24-22(28)23(2,3)4;3-2(4,5)1(6)7/h5-9,12-13,17H,10-11,14H2,1-4H3,(H,24,28)(H,26,27);(H,6,7). The molecule has 1 saturated heterocycles. The summed E-state index contributed by atoms with van der Waals surface area (Å²) >= 11 is 0. The highest BCUT2D eigenvalue weighted by Crippen LogP contribution is 2.33. The van der Waals surface area contributed by atoms with Gasteiger partial charge in [0.05, 0.1) is 11.3 Å². The van der Waals surface area contributed by atoms with E-state index in [0.29, 0.717) is 11.6 Å². The molecule has 0 aliphatic carbocycles. The van der Waals surface area contributed by atoms with Crippen molar-refractivity contribution in [3.63, 3.8) is 0 Å². The van der Waals surface area contributed by atoms with Gasteiger partial charge in [0.1, 0.15) is 0 Å². The molecule has 0 bridgehead atoms. The van der Waals surface area contributed by atoms with E-state index in [4.69, 9.17) is 9.90 Å². The van der Waals surface area contributed by atoms with Crippen LogP contribution in [0.4, 0.5) is 24.5 Å². The number of hydrogen-bond donors (Lipinski definition) is 3. The maximum Gasteiger partial charge on any atom is 0.490 e. The second-order valence-electron chi connectivity index (χ2n) is 9.39. The summed E-state index contributed by atoms with van der Waals surface area (Å²) in [4.78, 5) is 35.1. The van der Waals surface area contributed by atoms with Gasteiger partial charge in [-0.15, -0.1) is 0 Å². The summed E-state index contributed by atoms with van der Waals surface area (Å²) in [7, 11) is 0. The lowest BCUT2D eigenvalue weighted by Gasteiger charge is -2.22. The second kappa shape index (κ2) is 10.8. The first-order valence-electron chi connectivity index (χ1n) is 10.9. The Bertz CT molecular complexity index is 1090. The Morgan fingerprint density at radius 3 is 2.17 bits per heavy atom. The number of nitrogens with zero attached hydrogens (tertiary/aromatic N) is 1. The fourth-order valence-electron chi connectivity index (χ4n) is 3.52. The topological polar surface area (TPSA) is 107 Å². The normalized spacial score (nSPS) is 15.7. The summed E-state index contributed by atoms with van der Waals surface area (Å²) in [5, 5.41) is 19.5. The molecule has 0 radical (unpaired) electrons. The molecule has 3 N–H and O–H groups in total. The molecule has 190 valence electrons. The van der Waals surface area contributed by atoms with Crippen molar-refractivity contribution < 1.29 is 37.8 Å². The Morgan fingerprint density at radius 1 is 1.03 bits per heavy atom. The first-order valence-corrected chi connectivity index (χ1v) is 10.9. The SMILES string of the molecule is Cc1cccc(C2CCN(c3ccc(NC(=O)C(C)(C)C)c(C(=O)O)c3)C2)c1.O=C(O)C(F)(F)F. The fraction of sp³-hybridized carbons (Fsp3) is 0.400. The zero-order valence-corrected chi connectivity index (χ0v) is 19.9. The molecule has 2 aromatic rings. The van der Waals surface area contributed by atoms with Crippen LogP contribution >= 0.6 is 0 Å². The molecule has 1 heterocycles. The van der Waals surface area contributed by atoms with Gasteiger partial charge in [-0.05, 0) is 37.1 Å². The largest absolute Gasteiger partial charge is 0.490 e. The van der Waals surface area contributed by atoms with Gasteiger partial charge < -0.3 is 20.4 Å². The van der Waals surface area contributed by atoms with Gasteiger partial charge in [0.2, 0.25) is 5.91 Å². The van der Waals surface area contributed by atoms with E-state index in [2.05, 4.69) is 41.4 Å². The highest BCUT2D eigenvalue weighted by atomic mass is 19.4. The van der Waals surface area contributed by atoms with Crippen molar-refractivity contribution in [3.8, 4) is 0 Å². The number of aliphatic carboxylic acids is 1. The number of alkyl halides is 3. The number of halogens is 3. The van der Waals surface area contributed by atoms with E-state index in [9.17, 15) is 27.9 Å². The number of amides is 1. The number of carbonyl (C=O) groups excluding carboxylic acids is 1. The van der Waals surface area contributed by atoms with Crippen LogP contribution in [0.2, 0.25) is 0 Å². The van der Waals surface area contributed by atoms with Crippen molar-refractivity contribution in [2.24, 2.45) is 5.41 Å². The number of aryl methyl sites for hydroxylation is 1. The molecule has 3 rings (SSSR count). The van der Waals surface area contributed by atoms with E-state index >= 15 is 0 Å². The summed E-state index contributed by atoms with van der Waals surface area (Å²) < 4.78 is 31.7. The minimum Gasteiger partial charge on any atom is -0.478 e. The highest BCUT2D eigenvalue weighted by Gasteiger charge is 2.38. The maximum absolute atomic E-state index is 12.3. The summed E-state index contributed by atoms with van der Waals surface area (Å²) in [5.74, 6) is -3.56. The van der Waals surface area contributed by atoms with E-state index in [-0.39, 0.29) is 11.5 Å². The monoisotopic (exact) mass is 494 g/mol. The highest BCUT2D eigenvalue weighted by molar-refractivity contribution is 6.02. The van der Waals surface area contributed by atoms with Crippen LogP contribution < -0.4 is 10.2 Å². The van der Waals surface area contributed by atoms with Crippen LogP contribution in [-0.4, -0.2) is 47.3 Å². The molecular weight excluding hydrogens is 465 g/mol. The molecule has 0 aromatic heterocycles. The quantitative estimate of drug-likeness (QED) is 0.532. The molecule has 10 heteroatoms. The Hall–Kier alpha value is -3.56. The predicted molar refractivity (Wildman–Crippen MR) is 126 cm³/mol. The number of carboxylic acids is 2. The number of aromatic carboxylic acids is 1. The minimum absolute atomic E-state index is 0.120. The Morgan fingerprint density at radius 2 is 1.66 bits per heavy atom. The molecule has 7 nitrogen and oxygen atoms in total. The molecule has 0 spiro atoms. The number of carboxylic acid groups (broad SMARTS) is 2. The van der Waals surface area contributed by atoms with Crippen LogP contribution in [0.3, 0.4) is 0 Å². The molecule has 1 unspecified atom stereocenters. The third-order valence-electron chi connectivity index (χ3n) is 5.47. The average molecular weight is 495 g/mol. The zero-order chi connectivity index (χ0) is 26.6. The maximum atomic E-state index is 12.3. The molecule has 1 aliphatic rings. The molecule has 2 aromatic carbocycles. The number of hydrogen-bond acceptors (Lipinski definition) is 4. The van der Waals surface area contributed by atoms with Gasteiger partial charge >= 0.3 is 18.1 Å². The van der Waals surface area contributed by atoms with Crippen LogP contribution in [0.25, 0.3) is 0 Å². The molecule has 1 fully saturated rings. The van der Waals surface area contributed by atoms with Crippen LogP contribution in [-0.2, 0) is 9.59 Å². The van der Waals surface area contributed by atoms with E-state index in [0.717, 1.165) is 25.2 Å². The number of carbonyl (C=O) groups is 3. The average Bonchev–Trinajstić information content (AvgIpc) is 3.23. The molecule has 0 saturated carbocycles. The molecule has 35 heavy (non-hydrogen) atoms. The van der Waals surface area contributed by atoms with Crippen LogP contribution in [0.15, 0.2) is 42.5 Å². The zero-order valence-electron chi connectivity index (χ0n) is 19.9. The lowest BCUT2D eigenvalue weighted by atomic mass is 9.95. The van der Waals surface area contributed by atoms with E-state index < -0.39 is 23.5 Å². The van der Waals surface area contributed by atoms with Gasteiger partial charge in [0, 0.05) is 30.1 Å². The van der Waals surface area contributed by atoms with Gasteiger partial charge in [-0.1, -0.05) is 50.6 Å². The van der Waals surface area contributed by atoms with Crippen LogP contribution in [0, 0.1) is 12.3 Å². The molecular formula is C25H29F3N2O5. The predicted octanol–water partition coefficient (Wildman–Crippen LogP) is 5.31. The summed E-state index contributed by atoms with van der Waals surface area (Å²) in [6.07, 6.45) is -4.05. The molecule has 1 aliphatic heterocycles. The first kappa shape index (κ1) is 27.7. The summed E-state index contributed by atoms with van der Waals surface area (Å²) in [6, 6.07) is 13.8. The summed E-state index contributed by atoms with van der Waals surface area (Å²) in [5.41, 5.74) is 3.32. The van der Waals surface area contributed by atoms with Crippen molar-refractivity contribution in [2.75, 3.05) is 23.3 Å². The van der Waals surface area contributed by atoms with Crippen molar-refractivity contribution in [1.29, 1.82) is 0 Å². The first-order chi connectivity index (χ1) is 16.1. The lowest BCUT2D eigenvalue weighted by molar-refractivity contribution is -0.192. The Labute approximate surface area is 201 Å². The Kier molecular flexibility index (Phi) is 8.54. The molecule has 1 amide bonds. The summed E-state index contributed by atoms with van der Waals surface area (Å²) in [6.45, 7) is 9.23. The van der Waals surface area contributed by atoms with E-state index in [1.165, 1.54) is 11.1 Å². The lowest BCUT2D eigenvalue weighted by Crippen LogP contribution is -2.28. The number of rotatable bonds is 4. The van der Waals surface area contributed by atoms with Gasteiger partial charge in [0.15, 0.2) is 0 Å². The number of nitrogens with one attached hydrogen (secondary N) is 1. The second-order valence-corrected chi connectivity index (χ2v) is 9.39. The van der Waals surface area contributed by atoms with Crippen LogP contribution in [0.1, 0.15) is 54.6 Å². The van der Waals surface area contributed by atoms with Crippen LogP contribution in [0.5, 0.6) is 0 Å². The number of anilines is 2. The van der Waals surface area contributed by atoms with Gasteiger partial charge in [0.25, 0.3) is 0 Å². The minimum atomic E-state index is -5.08. The van der Waals surface area contributed by atoms with Crippen molar-refractivity contribution in [3.05, 3.63) is 59.2 Å². The fourth-order valence-corrected chi connectivity index (χ4v) is 3.52. The van der Waals surface area contributed by atoms with E-state index in [1.54, 1.807) is 32.9 Å². The van der Waals surface area contributed by atoms with Gasteiger partial charge in [-0.3, -0.25) is 4.79 Å². The van der Waals surface area contributed by atoms with Gasteiger partial charge in [-0.25, -0.2) is 9.59 Å². The number of benzene rings is 2. The Balaban J connectivity index is 0.000000540. The molecule has 1 atom stereocenters.